The summed E-state index contributed by atoms with van der Waals surface area (Å²) >= 11 is 1.60. The van der Waals surface area contributed by atoms with Crippen molar-refractivity contribution >= 4 is 11.8 Å². The Labute approximate surface area is 116 Å². The highest BCUT2D eigenvalue weighted by Gasteiger charge is 2.16. The van der Waals surface area contributed by atoms with Gasteiger partial charge in [0.1, 0.15) is 5.82 Å². The second-order valence-electron chi connectivity index (χ2n) is 4.73. The summed E-state index contributed by atoms with van der Waals surface area (Å²) in [5.74, 6) is 1.10. The van der Waals surface area contributed by atoms with Gasteiger partial charge in [0.15, 0.2) is 5.16 Å². The minimum Gasteiger partial charge on any atom is -0.392 e. The number of hydrogen-bond acceptors (Lipinski definition) is 4. The third-order valence-corrected chi connectivity index (χ3v) is 4.52. The van der Waals surface area contributed by atoms with Gasteiger partial charge in [0.25, 0.3) is 0 Å². The van der Waals surface area contributed by atoms with E-state index in [1.807, 2.05) is 24.3 Å². The summed E-state index contributed by atoms with van der Waals surface area (Å²) in [5.41, 5.74) is 0.943. The van der Waals surface area contributed by atoms with Gasteiger partial charge in [-0.05, 0) is 36.2 Å². The first-order chi connectivity index (χ1) is 9.38. The predicted octanol–water partition coefficient (Wildman–Crippen LogP) is 2.65. The van der Waals surface area contributed by atoms with Gasteiger partial charge in [0.05, 0.1) is 6.61 Å². The van der Waals surface area contributed by atoms with Crippen molar-refractivity contribution in [3.63, 3.8) is 0 Å². The smallest absolute Gasteiger partial charge is 0.196 e. The van der Waals surface area contributed by atoms with Crippen LogP contribution in [0.1, 0.15) is 30.7 Å². The number of aryl methyl sites for hydroxylation is 1. The summed E-state index contributed by atoms with van der Waals surface area (Å²) in [6, 6.07) is 7.90. The van der Waals surface area contributed by atoms with Crippen LogP contribution in [0.5, 0.6) is 0 Å². The fourth-order valence-corrected chi connectivity index (χ4v) is 3.36. The van der Waals surface area contributed by atoms with Crippen LogP contribution in [0.25, 0.3) is 0 Å². The topological polar surface area (TPSA) is 50.9 Å². The first-order valence-corrected chi connectivity index (χ1v) is 7.49. The van der Waals surface area contributed by atoms with Gasteiger partial charge in [-0.3, -0.25) is 0 Å². The average molecular weight is 275 g/mol. The maximum Gasteiger partial charge on any atom is 0.196 e. The minimum absolute atomic E-state index is 0.0597. The summed E-state index contributed by atoms with van der Waals surface area (Å²) in [5, 5.41) is 18.9. The zero-order chi connectivity index (χ0) is 13.1. The molecule has 0 amide bonds. The Morgan fingerprint density at radius 3 is 2.95 bits per heavy atom. The normalized spacial score (nSPS) is 15.0. The summed E-state index contributed by atoms with van der Waals surface area (Å²) in [6.45, 7) is 1.07. The summed E-state index contributed by atoms with van der Waals surface area (Å²) in [4.78, 5) is 1.06. The number of aliphatic hydroxyl groups is 1. The summed E-state index contributed by atoms with van der Waals surface area (Å²) in [6.07, 6.45) is 4.69. The number of fused-ring (bicyclic) bond motifs is 1. The van der Waals surface area contributed by atoms with Gasteiger partial charge >= 0.3 is 0 Å². The highest BCUT2D eigenvalue weighted by atomic mass is 32.2. The van der Waals surface area contributed by atoms with Gasteiger partial charge < -0.3 is 9.67 Å². The minimum atomic E-state index is 0.0597. The molecule has 0 saturated carbocycles. The first kappa shape index (κ1) is 12.7. The van der Waals surface area contributed by atoms with Crippen molar-refractivity contribution < 1.29 is 5.11 Å². The maximum atomic E-state index is 9.37. The first-order valence-electron chi connectivity index (χ1n) is 6.67. The van der Waals surface area contributed by atoms with Gasteiger partial charge in [-0.2, -0.15) is 0 Å². The molecule has 2 aromatic rings. The van der Waals surface area contributed by atoms with Crippen molar-refractivity contribution in [1.29, 1.82) is 0 Å². The molecule has 0 bridgehead atoms. The van der Waals surface area contributed by atoms with E-state index in [2.05, 4.69) is 14.8 Å². The molecule has 100 valence electrons. The second-order valence-corrected chi connectivity index (χ2v) is 5.74. The number of hydrogen-bond donors (Lipinski definition) is 1. The van der Waals surface area contributed by atoms with E-state index in [0.29, 0.717) is 0 Å². The molecule has 1 N–H and O–H groups in total. The van der Waals surface area contributed by atoms with Gasteiger partial charge in [-0.25, -0.2) is 0 Å². The molecule has 0 fully saturated rings. The monoisotopic (exact) mass is 275 g/mol. The van der Waals surface area contributed by atoms with Crippen molar-refractivity contribution in [3.8, 4) is 0 Å². The lowest BCUT2D eigenvalue weighted by Crippen LogP contribution is -2.02. The number of benzene rings is 1. The van der Waals surface area contributed by atoms with Gasteiger partial charge in [-0.1, -0.05) is 24.6 Å². The number of rotatable bonds is 3. The SMILES string of the molecule is OCc1ccccc1Sc1nnc2n1CCCCC2. The molecule has 1 aromatic heterocycles. The zero-order valence-electron chi connectivity index (χ0n) is 10.7. The molecule has 1 aliphatic heterocycles. The fourth-order valence-electron chi connectivity index (χ4n) is 2.37. The summed E-state index contributed by atoms with van der Waals surface area (Å²) in [7, 11) is 0. The Morgan fingerprint density at radius 1 is 1.16 bits per heavy atom. The van der Waals surface area contributed by atoms with E-state index in [0.717, 1.165) is 34.4 Å². The summed E-state index contributed by atoms with van der Waals surface area (Å²) < 4.78 is 2.23. The fraction of sp³-hybridized carbons (Fsp3) is 0.429. The van der Waals surface area contributed by atoms with E-state index < -0.39 is 0 Å². The quantitative estimate of drug-likeness (QED) is 0.935. The molecule has 1 aromatic carbocycles. The van der Waals surface area contributed by atoms with E-state index in [4.69, 9.17) is 0 Å². The standard InChI is InChI=1S/C14H17N3OS/c18-10-11-6-3-4-7-12(11)19-14-16-15-13-8-2-1-5-9-17(13)14/h3-4,6-7,18H,1-2,5,8-10H2. The van der Waals surface area contributed by atoms with Gasteiger partial charge in [-0.15, -0.1) is 10.2 Å². The molecule has 3 rings (SSSR count). The highest BCUT2D eigenvalue weighted by molar-refractivity contribution is 7.99. The Kier molecular flexibility index (Phi) is 3.84. The second kappa shape index (κ2) is 5.75. The largest absolute Gasteiger partial charge is 0.392 e. The van der Waals surface area contributed by atoms with E-state index in [-0.39, 0.29) is 6.61 Å². The maximum absolute atomic E-state index is 9.37. The van der Waals surface area contributed by atoms with E-state index in [1.54, 1.807) is 11.8 Å². The van der Waals surface area contributed by atoms with Crippen molar-refractivity contribution in [2.75, 3.05) is 0 Å². The molecule has 4 nitrogen and oxygen atoms in total. The van der Waals surface area contributed by atoms with Crippen molar-refractivity contribution in [1.82, 2.24) is 14.8 Å². The number of nitrogens with zero attached hydrogens (tertiary/aromatic N) is 3. The lowest BCUT2D eigenvalue weighted by molar-refractivity contribution is 0.279. The van der Waals surface area contributed by atoms with Crippen LogP contribution in [-0.2, 0) is 19.6 Å². The van der Waals surface area contributed by atoms with Crippen molar-refractivity contribution in [2.24, 2.45) is 0 Å². The third-order valence-electron chi connectivity index (χ3n) is 3.42. The molecule has 0 spiro atoms. The van der Waals surface area contributed by atoms with Crippen molar-refractivity contribution in [2.45, 2.75) is 48.9 Å². The van der Waals surface area contributed by atoms with Crippen molar-refractivity contribution in [3.05, 3.63) is 35.7 Å². The highest BCUT2D eigenvalue weighted by Crippen LogP contribution is 2.30. The van der Waals surface area contributed by atoms with E-state index in [9.17, 15) is 5.11 Å². The Hall–Kier alpha value is -1.33. The van der Waals surface area contributed by atoms with Crippen LogP contribution in [0.15, 0.2) is 34.3 Å². The Balaban J connectivity index is 1.89. The molecule has 0 saturated heterocycles. The molecule has 5 heteroatoms. The third kappa shape index (κ3) is 2.67. The lowest BCUT2D eigenvalue weighted by atomic mass is 10.2. The predicted molar refractivity (Wildman–Crippen MR) is 74.1 cm³/mol. The number of aromatic nitrogens is 3. The molecule has 0 aliphatic carbocycles. The molecule has 0 atom stereocenters. The van der Waals surface area contributed by atoms with Crippen LogP contribution in [0, 0.1) is 0 Å². The average Bonchev–Trinajstić information content (AvgIpc) is 2.68. The van der Waals surface area contributed by atoms with Crippen LogP contribution in [0.3, 0.4) is 0 Å². The lowest BCUT2D eigenvalue weighted by Gasteiger charge is -2.08. The van der Waals surface area contributed by atoms with Crippen LogP contribution < -0.4 is 0 Å². The van der Waals surface area contributed by atoms with Crippen LogP contribution in [-0.4, -0.2) is 19.9 Å². The molecule has 0 radical (unpaired) electrons. The molecule has 2 heterocycles. The number of aliphatic hydroxyl groups excluding tert-OH is 1. The molecular formula is C14H17N3OS. The van der Waals surface area contributed by atoms with Crippen LogP contribution in [0.2, 0.25) is 0 Å². The van der Waals surface area contributed by atoms with Crippen LogP contribution >= 0.6 is 11.8 Å². The van der Waals surface area contributed by atoms with Crippen LogP contribution in [0.4, 0.5) is 0 Å². The van der Waals surface area contributed by atoms with Gasteiger partial charge in [0.2, 0.25) is 0 Å². The van der Waals surface area contributed by atoms with E-state index in [1.165, 1.54) is 19.3 Å². The molecule has 19 heavy (non-hydrogen) atoms. The molecular weight excluding hydrogens is 258 g/mol. The van der Waals surface area contributed by atoms with Gasteiger partial charge in [0, 0.05) is 17.9 Å². The Bertz CT molecular complexity index is 568. The zero-order valence-corrected chi connectivity index (χ0v) is 11.6. The Morgan fingerprint density at radius 2 is 2.05 bits per heavy atom. The molecule has 0 unspecified atom stereocenters. The molecule has 1 aliphatic rings. The van der Waals surface area contributed by atoms with E-state index >= 15 is 0 Å².